The number of nitrogens with one attached hydrogen (secondary N) is 2. The van der Waals surface area contributed by atoms with Gasteiger partial charge in [0.1, 0.15) is 0 Å². The van der Waals surface area contributed by atoms with Crippen LogP contribution in [-0.4, -0.2) is 34.4 Å². The van der Waals surface area contributed by atoms with Gasteiger partial charge in [0.25, 0.3) is 5.56 Å². The second-order valence-corrected chi connectivity index (χ2v) is 6.96. The Kier molecular flexibility index (Phi) is 6.64. The van der Waals surface area contributed by atoms with E-state index in [1.165, 1.54) is 4.57 Å². The molecule has 0 atom stereocenters. The van der Waals surface area contributed by atoms with Gasteiger partial charge in [-0.2, -0.15) is 0 Å². The first-order chi connectivity index (χ1) is 14.0. The predicted octanol–water partition coefficient (Wildman–Crippen LogP) is 2.21. The first-order valence-electron chi connectivity index (χ1n) is 9.60. The molecule has 0 saturated carbocycles. The van der Waals surface area contributed by atoms with Crippen molar-refractivity contribution in [2.75, 3.05) is 30.7 Å². The number of aliphatic hydroxyl groups is 1. The van der Waals surface area contributed by atoms with E-state index in [2.05, 4.69) is 15.6 Å². The highest BCUT2D eigenvalue weighted by molar-refractivity contribution is 5.71. The molecule has 3 rings (SSSR count). The minimum Gasteiger partial charge on any atom is -0.398 e. The number of anilines is 3. The Hall–Kier alpha value is -3.16. The molecule has 0 unspecified atom stereocenters. The normalized spacial score (nSPS) is 10.9. The van der Waals surface area contributed by atoms with Crippen molar-refractivity contribution >= 4 is 17.2 Å². The van der Waals surface area contributed by atoms with Gasteiger partial charge in [-0.25, -0.2) is 4.98 Å². The fourth-order valence-electron chi connectivity index (χ4n) is 3.13. The zero-order valence-electron chi connectivity index (χ0n) is 16.8. The molecule has 0 aliphatic rings. The van der Waals surface area contributed by atoms with Crippen LogP contribution in [0.1, 0.15) is 11.1 Å². The summed E-state index contributed by atoms with van der Waals surface area (Å²) in [5.41, 5.74) is 11.0. The summed E-state index contributed by atoms with van der Waals surface area (Å²) in [5.74, 6) is 0.266. The average molecular weight is 393 g/mol. The van der Waals surface area contributed by atoms with Crippen molar-refractivity contribution in [3.05, 3.63) is 70.1 Å². The van der Waals surface area contributed by atoms with Crippen LogP contribution in [0.15, 0.2) is 53.5 Å². The van der Waals surface area contributed by atoms with Gasteiger partial charge in [0.15, 0.2) is 5.82 Å². The molecule has 5 N–H and O–H groups in total. The molecule has 0 aliphatic carbocycles. The zero-order chi connectivity index (χ0) is 20.8. The standard InChI is InChI=1S/C22H27N5O2/c1-15-18(7-4-8-19(15)23)20-14-27(2)22(29)21(26-20)25-17-6-3-5-16(13-17)9-10-24-11-12-28/h3-8,13-14,24,28H,9-12,23H2,1-2H3,(H,25,26). The van der Waals surface area contributed by atoms with E-state index in [9.17, 15) is 4.79 Å². The lowest BCUT2D eigenvalue weighted by Gasteiger charge is -2.13. The second-order valence-electron chi connectivity index (χ2n) is 6.96. The number of nitrogens with two attached hydrogens (primary N) is 1. The largest absolute Gasteiger partial charge is 0.398 e. The Labute approximate surface area is 170 Å². The highest BCUT2D eigenvalue weighted by Gasteiger charge is 2.12. The summed E-state index contributed by atoms with van der Waals surface area (Å²) in [5, 5.41) is 15.2. The fraction of sp³-hybridized carbons (Fsp3) is 0.273. The first-order valence-corrected chi connectivity index (χ1v) is 9.60. The third-order valence-electron chi connectivity index (χ3n) is 4.79. The van der Waals surface area contributed by atoms with Gasteiger partial charge < -0.3 is 26.0 Å². The summed E-state index contributed by atoms with van der Waals surface area (Å²) >= 11 is 0. The maximum absolute atomic E-state index is 12.6. The number of aryl methyl sites for hydroxylation is 1. The molecular weight excluding hydrogens is 366 g/mol. The number of rotatable bonds is 8. The molecule has 0 fully saturated rings. The molecule has 0 bridgehead atoms. The van der Waals surface area contributed by atoms with Crippen molar-refractivity contribution in [3.63, 3.8) is 0 Å². The number of aromatic nitrogens is 2. The maximum atomic E-state index is 12.6. The van der Waals surface area contributed by atoms with Crippen LogP contribution in [0.4, 0.5) is 17.2 Å². The van der Waals surface area contributed by atoms with Gasteiger partial charge >= 0.3 is 0 Å². The molecule has 0 radical (unpaired) electrons. The first kappa shape index (κ1) is 20.6. The number of hydrogen-bond donors (Lipinski definition) is 4. The molecule has 3 aromatic rings. The lowest BCUT2D eigenvalue weighted by atomic mass is 10.0. The highest BCUT2D eigenvalue weighted by atomic mass is 16.3. The quantitative estimate of drug-likeness (QED) is 0.345. The second kappa shape index (κ2) is 9.36. The average Bonchev–Trinajstić information content (AvgIpc) is 2.71. The molecule has 0 saturated heterocycles. The van der Waals surface area contributed by atoms with E-state index in [-0.39, 0.29) is 18.0 Å². The van der Waals surface area contributed by atoms with Crippen LogP contribution in [0.25, 0.3) is 11.3 Å². The molecule has 152 valence electrons. The lowest BCUT2D eigenvalue weighted by Crippen LogP contribution is -2.22. The predicted molar refractivity (Wildman–Crippen MR) is 117 cm³/mol. The molecular formula is C22H27N5O2. The summed E-state index contributed by atoms with van der Waals surface area (Å²) in [6, 6.07) is 13.6. The van der Waals surface area contributed by atoms with Crippen LogP contribution in [0.5, 0.6) is 0 Å². The van der Waals surface area contributed by atoms with Crippen LogP contribution >= 0.6 is 0 Å². The van der Waals surface area contributed by atoms with Crippen molar-refractivity contribution < 1.29 is 5.11 Å². The number of hydrogen-bond acceptors (Lipinski definition) is 6. The fourth-order valence-corrected chi connectivity index (χ4v) is 3.13. The summed E-state index contributed by atoms with van der Waals surface area (Å²) in [6.45, 7) is 3.42. The molecule has 2 aromatic carbocycles. The molecule has 29 heavy (non-hydrogen) atoms. The monoisotopic (exact) mass is 393 g/mol. The number of nitrogens with zero attached hydrogens (tertiary/aromatic N) is 2. The summed E-state index contributed by atoms with van der Waals surface area (Å²) in [7, 11) is 1.71. The van der Waals surface area contributed by atoms with Gasteiger partial charge in [0.05, 0.1) is 12.3 Å². The van der Waals surface area contributed by atoms with Gasteiger partial charge in [-0.1, -0.05) is 24.3 Å². The third-order valence-corrected chi connectivity index (χ3v) is 4.79. The van der Waals surface area contributed by atoms with Crippen LogP contribution in [0.3, 0.4) is 0 Å². The zero-order valence-corrected chi connectivity index (χ0v) is 16.8. The van der Waals surface area contributed by atoms with Gasteiger partial charge in [-0.05, 0) is 49.2 Å². The molecule has 7 heteroatoms. The molecule has 0 amide bonds. The summed E-state index contributed by atoms with van der Waals surface area (Å²) in [4.78, 5) is 17.2. The van der Waals surface area contributed by atoms with Crippen molar-refractivity contribution in [2.24, 2.45) is 7.05 Å². The Balaban J connectivity index is 1.87. The minimum atomic E-state index is -0.203. The van der Waals surface area contributed by atoms with Crippen molar-refractivity contribution in [3.8, 4) is 11.3 Å². The smallest absolute Gasteiger partial charge is 0.293 e. The van der Waals surface area contributed by atoms with Crippen LogP contribution in [0.2, 0.25) is 0 Å². The molecule has 7 nitrogen and oxygen atoms in total. The maximum Gasteiger partial charge on any atom is 0.293 e. The van der Waals surface area contributed by atoms with Crippen molar-refractivity contribution in [1.29, 1.82) is 0 Å². The number of aliphatic hydroxyl groups excluding tert-OH is 1. The van der Waals surface area contributed by atoms with Gasteiger partial charge in [-0.15, -0.1) is 0 Å². The van der Waals surface area contributed by atoms with E-state index in [0.717, 1.165) is 35.3 Å². The lowest BCUT2D eigenvalue weighted by molar-refractivity contribution is 0.293. The Morgan fingerprint density at radius 2 is 1.97 bits per heavy atom. The van der Waals surface area contributed by atoms with Crippen LogP contribution < -0.4 is 21.9 Å². The van der Waals surface area contributed by atoms with Crippen molar-refractivity contribution in [1.82, 2.24) is 14.9 Å². The topological polar surface area (TPSA) is 105 Å². The van der Waals surface area contributed by atoms with Gasteiger partial charge in [0.2, 0.25) is 0 Å². The Morgan fingerprint density at radius 3 is 2.76 bits per heavy atom. The Bertz CT molecular complexity index is 1050. The third kappa shape index (κ3) is 5.01. The Morgan fingerprint density at radius 1 is 1.17 bits per heavy atom. The van der Waals surface area contributed by atoms with E-state index >= 15 is 0 Å². The van der Waals surface area contributed by atoms with Crippen LogP contribution in [0, 0.1) is 6.92 Å². The molecule has 1 aromatic heterocycles. The van der Waals surface area contributed by atoms with Crippen LogP contribution in [-0.2, 0) is 13.5 Å². The SMILES string of the molecule is Cc1c(N)cccc1-c1cn(C)c(=O)c(Nc2cccc(CCNCCO)c2)n1. The molecule has 0 aliphatic heterocycles. The highest BCUT2D eigenvalue weighted by Crippen LogP contribution is 2.26. The molecule has 1 heterocycles. The summed E-state index contributed by atoms with van der Waals surface area (Å²) in [6.07, 6.45) is 2.54. The van der Waals surface area contributed by atoms with Gasteiger partial charge in [-0.3, -0.25) is 4.79 Å². The van der Waals surface area contributed by atoms with E-state index in [0.29, 0.717) is 17.9 Å². The van der Waals surface area contributed by atoms with Crippen molar-refractivity contribution in [2.45, 2.75) is 13.3 Å². The van der Waals surface area contributed by atoms with E-state index in [1.807, 2.05) is 49.4 Å². The van der Waals surface area contributed by atoms with E-state index in [4.69, 9.17) is 10.8 Å². The number of benzene rings is 2. The minimum absolute atomic E-state index is 0.124. The summed E-state index contributed by atoms with van der Waals surface area (Å²) < 4.78 is 1.52. The number of nitrogen functional groups attached to an aromatic ring is 1. The van der Waals surface area contributed by atoms with E-state index < -0.39 is 0 Å². The molecule has 0 spiro atoms. The van der Waals surface area contributed by atoms with E-state index in [1.54, 1.807) is 13.2 Å². The van der Waals surface area contributed by atoms with Gasteiger partial charge in [0, 0.05) is 36.7 Å².